The molecule has 0 aliphatic heterocycles. The van der Waals surface area contributed by atoms with E-state index in [-0.39, 0.29) is 18.2 Å². The van der Waals surface area contributed by atoms with Gasteiger partial charge in [-0.2, -0.15) is 0 Å². The number of hydrogen-bond acceptors (Lipinski definition) is 4. The van der Waals surface area contributed by atoms with Crippen LogP contribution < -0.4 is 10.6 Å². The molecular weight excluding hydrogens is 262 g/mol. The first-order valence-electron chi connectivity index (χ1n) is 6.24. The number of nitrogens with zero attached hydrogens (tertiary/aromatic N) is 1. The number of anilines is 1. The first-order valence-corrected chi connectivity index (χ1v) is 6.24. The van der Waals surface area contributed by atoms with Crippen LogP contribution >= 0.6 is 0 Å². The number of nitro benzene ring substituents is 1. The maximum absolute atomic E-state index is 11.7. The Hall–Kier alpha value is -2.15. The summed E-state index contributed by atoms with van der Waals surface area (Å²) in [4.78, 5) is 21.7. The van der Waals surface area contributed by atoms with E-state index in [9.17, 15) is 20.0 Å². The van der Waals surface area contributed by atoms with Gasteiger partial charge < -0.3 is 15.7 Å². The van der Waals surface area contributed by atoms with Crippen molar-refractivity contribution in [3.8, 4) is 0 Å². The third kappa shape index (κ3) is 4.51. The zero-order chi connectivity index (χ0) is 15.3. The van der Waals surface area contributed by atoms with Gasteiger partial charge in [0.05, 0.1) is 10.5 Å². The maximum atomic E-state index is 11.7. The van der Waals surface area contributed by atoms with E-state index in [2.05, 4.69) is 10.6 Å². The molecule has 7 nitrogen and oxygen atoms in total. The zero-order valence-electron chi connectivity index (χ0n) is 11.7. The molecule has 1 atom stereocenters. The molecular formula is C13H19N3O4. The standard InChI is InChI=1S/C13H19N3O4/c1-9(2)13(3,18)8-14-12(17)15-10-5-4-6-11(7-10)16(19)20/h4-7,9,18H,8H2,1-3H3,(H2,14,15,17)/t13-/m0/s1. The van der Waals surface area contributed by atoms with E-state index in [0.717, 1.165) is 0 Å². The Morgan fingerprint density at radius 1 is 1.50 bits per heavy atom. The van der Waals surface area contributed by atoms with Crippen molar-refractivity contribution in [3.63, 3.8) is 0 Å². The van der Waals surface area contributed by atoms with Crippen molar-refractivity contribution in [2.45, 2.75) is 26.4 Å². The Kier molecular flexibility index (Phi) is 5.04. The Bertz CT molecular complexity index is 500. The van der Waals surface area contributed by atoms with Crippen molar-refractivity contribution in [2.75, 3.05) is 11.9 Å². The molecule has 0 aliphatic carbocycles. The molecule has 0 saturated heterocycles. The maximum Gasteiger partial charge on any atom is 0.319 e. The number of aliphatic hydroxyl groups is 1. The lowest BCUT2D eigenvalue weighted by atomic mass is 9.93. The Balaban J connectivity index is 2.59. The topological polar surface area (TPSA) is 104 Å². The fourth-order valence-electron chi connectivity index (χ4n) is 1.34. The average molecular weight is 281 g/mol. The highest BCUT2D eigenvalue weighted by Crippen LogP contribution is 2.17. The molecule has 1 aromatic rings. The van der Waals surface area contributed by atoms with Gasteiger partial charge in [0.15, 0.2) is 0 Å². The third-order valence-corrected chi connectivity index (χ3v) is 3.17. The normalized spacial score (nSPS) is 13.7. The lowest BCUT2D eigenvalue weighted by Gasteiger charge is -2.27. The van der Waals surface area contributed by atoms with Crippen LogP contribution in [0.2, 0.25) is 0 Å². The van der Waals surface area contributed by atoms with Crippen molar-refractivity contribution in [3.05, 3.63) is 34.4 Å². The van der Waals surface area contributed by atoms with Gasteiger partial charge in [0.2, 0.25) is 0 Å². The summed E-state index contributed by atoms with van der Waals surface area (Å²) in [6.45, 7) is 5.41. The molecule has 0 heterocycles. The Morgan fingerprint density at radius 2 is 2.15 bits per heavy atom. The molecule has 20 heavy (non-hydrogen) atoms. The smallest absolute Gasteiger partial charge is 0.319 e. The van der Waals surface area contributed by atoms with Crippen molar-refractivity contribution < 1.29 is 14.8 Å². The van der Waals surface area contributed by atoms with Crippen LogP contribution in [0.25, 0.3) is 0 Å². The summed E-state index contributed by atoms with van der Waals surface area (Å²) >= 11 is 0. The molecule has 7 heteroatoms. The molecule has 0 aliphatic rings. The highest BCUT2D eigenvalue weighted by Gasteiger charge is 2.25. The number of non-ortho nitro benzene ring substituents is 1. The van der Waals surface area contributed by atoms with Gasteiger partial charge in [-0.05, 0) is 18.9 Å². The second-order valence-corrected chi connectivity index (χ2v) is 5.13. The van der Waals surface area contributed by atoms with Crippen LogP contribution in [0.15, 0.2) is 24.3 Å². The van der Waals surface area contributed by atoms with E-state index in [4.69, 9.17) is 0 Å². The number of hydrogen-bond donors (Lipinski definition) is 3. The number of urea groups is 1. The van der Waals surface area contributed by atoms with Crippen LogP contribution in [0, 0.1) is 16.0 Å². The first-order chi connectivity index (χ1) is 9.22. The summed E-state index contributed by atoms with van der Waals surface area (Å²) in [5, 5.41) is 25.6. The highest BCUT2D eigenvalue weighted by atomic mass is 16.6. The molecule has 2 amide bonds. The quantitative estimate of drug-likeness (QED) is 0.568. The van der Waals surface area contributed by atoms with Gasteiger partial charge in [0.1, 0.15) is 0 Å². The van der Waals surface area contributed by atoms with Gasteiger partial charge in [-0.3, -0.25) is 10.1 Å². The number of carbonyl (C=O) groups is 1. The Labute approximate surface area is 117 Å². The van der Waals surface area contributed by atoms with E-state index >= 15 is 0 Å². The van der Waals surface area contributed by atoms with E-state index in [1.807, 2.05) is 13.8 Å². The summed E-state index contributed by atoms with van der Waals surface area (Å²) in [5.41, 5.74) is -0.794. The molecule has 0 radical (unpaired) electrons. The fraction of sp³-hybridized carbons (Fsp3) is 0.462. The number of carbonyl (C=O) groups excluding carboxylic acids is 1. The monoisotopic (exact) mass is 281 g/mol. The first kappa shape index (κ1) is 15.9. The van der Waals surface area contributed by atoms with Crippen molar-refractivity contribution in [2.24, 2.45) is 5.92 Å². The van der Waals surface area contributed by atoms with Crippen LogP contribution in [0.1, 0.15) is 20.8 Å². The molecule has 0 spiro atoms. The van der Waals surface area contributed by atoms with Crippen LogP contribution in [-0.2, 0) is 0 Å². The van der Waals surface area contributed by atoms with Gasteiger partial charge in [0.25, 0.3) is 5.69 Å². The van der Waals surface area contributed by atoms with E-state index < -0.39 is 16.6 Å². The number of nitro groups is 1. The van der Waals surface area contributed by atoms with Crippen molar-refractivity contribution in [1.29, 1.82) is 0 Å². The molecule has 110 valence electrons. The minimum atomic E-state index is -1.01. The third-order valence-electron chi connectivity index (χ3n) is 3.17. The van der Waals surface area contributed by atoms with Crippen LogP contribution in [-0.4, -0.2) is 28.2 Å². The predicted molar refractivity (Wildman–Crippen MR) is 75.6 cm³/mol. The second kappa shape index (κ2) is 6.33. The van der Waals surface area contributed by atoms with Crippen LogP contribution in [0.4, 0.5) is 16.2 Å². The van der Waals surface area contributed by atoms with E-state index in [1.54, 1.807) is 13.0 Å². The number of amides is 2. The van der Waals surface area contributed by atoms with Crippen LogP contribution in [0.3, 0.4) is 0 Å². The lowest BCUT2D eigenvalue weighted by Crippen LogP contribution is -2.45. The number of benzene rings is 1. The molecule has 0 unspecified atom stereocenters. The zero-order valence-corrected chi connectivity index (χ0v) is 11.7. The summed E-state index contributed by atoms with van der Waals surface area (Å²) < 4.78 is 0. The highest BCUT2D eigenvalue weighted by molar-refractivity contribution is 5.89. The van der Waals surface area contributed by atoms with Gasteiger partial charge in [-0.25, -0.2) is 4.79 Å². The summed E-state index contributed by atoms with van der Waals surface area (Å²) in [6, 6.07) is 5.12. The van der Waals surface area contributed by atoms with Crippen LogP contribution in [0.5, 0.6) is 0 Å². The molecule has 1 aromatic carbocycles. The minimum absolute atomic E-state index is 0.0133. The Morgan fingerprint density at radius 3 is 2.70 bits per heavy atom. The molecule has 0 fully saturated rings. The predicted octanol–water partition coefficient (Wildman–Crippen LogP) is 2.12. The minimum Gasteiger partial charge on any atom is -0.388 e. The lowest BCUT2D eigenvalue weighted by molar-refractivity contribution is -0.384. The molecule has 3 N–H and O–H groups in total. The summed E-state index contributed by atoms with van der Waals surface area (Å²) in [6.07, 6.45) is 0. The molecule has 1 rings (SSSR count). The summed E-state index contributed by atoms with van der Waals surface area (Å²) in [7, 11) is 0. The van der Waals surface area contributed by atoms with Gasteiger partial charge >= 0.3 is 6.03 Å². The second-order valence-electron chi connectivity index (χ2n) is 5.13. The number of rotatable bonds is 5. The van der Waals surface area contributed by atoms with E-state index in [1.165, 1.54) is 18.2 Å². The molecule has 0 bridgehead atoms. The number of nitrogens with one attached hydrogen (secondary N) is 2. The van der Waals surface area contributed by atoms with E-state index in [0.29, 0.717) is 5.69 Å². The van der Waals surface area contributed by atoms with Crippen molar-refractivity contribution in [1.82, 2.24) is 5.32 Å². The fourth-order valence-corrected chi connectivity index (χ4v) is 1.34. The van der Waals surface area contributed by atoms with Gasteiger partial charge in [-0.1, -0.05) is 19.9 Å². The van der Waals surface area contributed by atoms with Gasteiger partial charge in [-0.15, -0.1) is 0 Å². The molecule has 0 aromatic heterocycles. The summed E-state index contributed by atoms with van der Waals surface area (Å²) in [5.74, 6) is -0.0133. The average Bonchev–Trinajstić information content (AvgIpc) is 2.36. The van der Waals surface area contributed by atoms with Crippen molar-refractivity contribution >= 4 is 17.4 Å². The SMILES string of the molecule is CC(C)[C@@](C)(O)CNC(=O)Nc1cccc([N+](=O)[O-])c1. The largest absolute Gasteiger partial charge is 0.388 e. The molecule has 0 saturated carbocycles. The van der Waals surface area contributed by atoms with Gasteiger partial charge in [0, 0.05) is 24.4 Å².